The third-order valence-corrected chi connectivity index (χ3v) is 4.67. The van der Waals surface area contributed by atoms with E-state index in [-0.39, 0.29) is 5.75 Å². The zero-order valence-electron chi connectivity index (χ0n) is 10.4. The van der Waals surface area contributed by atoms with E-state index in [1.54, 1.807) is 6.92 Å². The normalized spacial score (nSPS) is 14.5. The van der Waals surface area contributed by atoms with Gasteiger partial charge in [0.25, 0.3) is 0 Å². The highest BCUT2D eigenvalue weighted by molar-refractivity contribution is 7.91. The Bertz CT molecular complexity index is 247. The SMILES string of the molecule is CCS(=O)(=O)CCCC(CNC)C(C)C. The summed E-state index contributed by atoms with van der Waals surface area (Å²) in [6.07, 6.45) is 1.79. The molecule has 92 valence electrons. The van der Waals surface area contributed by atoms with Crippen LogP contribution < -0.4 is 5.32 Å². The molecule has 1 atom stereocenters. The minimum atomic E-state index is -2.78. The lowest BCUT2D eigenvalue weighted by molar-refractivity contribution is 0.347. The van der Waals surface area contributed by atoms with Gasteiger partial charge in [-0.3, -0.25) is 0 Å². The van der Waals surface area contributed by atoms with Crippen LogP contribution in [-0.2, 0) is 9.84 Å². The molecule has 0 aliphatic heterocycles. The van der Waals surface area contributed by atoms with Crippen LogP contribution >= 0.6 is 0 Å². The second-order valence-electron chi connectivity index (χ2n) is 4.44. The third-order valence-electron chi connectivity index (χ3n) is 2.88. The molecule has 0 aromatic rings. The number of nitrogens with one attached hydrogen (secondary N) is 1. The lowest BCUT2D eigenvalue weighted by Crippen LogP contribution is -2.24. The van der Waals surface area contributed by atoms with E-state index >= 15 is 0 Å². The topological polar surface area (TPSA) is 46.2 Å². The molecule has 0 rings (SSSR count). The van der Waals surface area contributed by atoms with Crippen LogP contribution in [0.3, 0.4) is 0 Å². The summed E-state index contributed by atoms with van der Waals surface area (Å²) in [7, 11) is -0.834. The predicted molar refractivity (Wildman–Crippen MR) is 65.8 cm³/mol. The van der Waals surface area contributed by atoms with Gasteiger partial charge in [0.05, 0.1) is 5.75 Å². The van der Waals surface area contributed by atoms with Gasteiger partial charge in [0.2, 0.25) is 0 Å². The van der Waals surface area contributed by atoms with Gasteiger partial charge in [-0.1, -0.05) is 20.8 Å². The predicted octanol–water partition coefficient (Wildman–Crippen LogP) is 1.69. The van der Waals surface area contributed by atoms with Gasteiger partial charge in [0.1, 0.15) is 9.84 Å². The van der Waals surface area contributed by atoms with Gasteiger partial charge in [-0.05, 0) is 38.3 Å². The van der Waals surface area contributed by atoms with E-state index in [0.717, 1.165) is 19.4 Å². The molecule has 1 unspecified atom stereocenters. The fourth-order valence-corrected chi connectivity index (χ4v) is 2.54. The highest BCUT2D eigenvalue weighted by atomic mass is 32.2. The molecule has 0 aliphatic rings. The second kappa shape index (κ2) is 7.23. The smallest absolute Gasteiger partial charge is 0.150 e. The number of rotatable bonds is 8. The van der Waals surface area contributed by atoms with Crippen LogP contribution in [0.2, 0.25) is 0 Å². The molecule has 0 saturated carbocycles. The Balaban J connectivity index is 3.91. The van der Waals surface area contributed by atoms with E-state index in [0.29, 0.717) is 17.6 Å². The summed E-state index contributed by atoms with van der Waals surface area (Å²) in [5.41, 5.74) is 0. The lowest BCUT2D eigenvalue weighted by atomic mass is 9.91. The van der Waals surface area contributed by atoms with Gasteiger partial charge >= 0.3 is 0 Å². The van der Waals surface area contributed by atoms with Crippen LogP contribution in [0.1, 0.15) is 33.6 Å². The van der Waals surface area contributed by atoms with E-state index in [1.165, 1.54) is 0 Å². The molecule has 0 amide bonds. The van der Waals surface area contributed by atoms with Gasteiger partial charge in [-0.2, -0.15) is 0 Å². The summed E-state index contributed by atoms with van der Waals surface area (Å²) >= 11 is 0. The fraction of sp³-hybridized carbons (Fsp3) is 1.00. The fourth-order valence-electron chi connectivity index (χ4n) is 1.64. The Morgan fingerprint density at radius 1 is 1.27 bits per heavy atom. The molecule has 1 N–H and O–H groups in total. The first-order valence-corrected chi connectivity index (χ1v) is 7.60. The van der Waals surface area contributed by atoms with E-state index in [2.05, 4.69) is 19.2 Å². The summed E-state index contributed by atoms with van der Waals surface area (Å²) in [4.78, 5) is 0. The van der Waals surface area contributed by atoms with Gasteiger partial charge in [0, 0.05) is 5.75 Å². The van der Waals surface area contributed by atoms with Crippen molar-refractivity contribution < 1.29 is 8.42 Å². The first-order chi connectivity index (χ1) is 6.93. The van der Waals surface area contributed by atoms with E-state index < -0.39 is 9.84 Å². The van der Waals surface area contributed by atoms with Crippen molar-refractivity contribution in [3.05, 3.63) is 0 Å². The summed E-state index contributed by atoms with van der Waals surface area (Å²) < 4.78 is 22.6. The average Bonchev–Trinajstić information content (AvgIpc) is 2.16. The molecule has 0 aromatic carbocycles. The third kappa shape index (κ3) is 6.90. The second-order valence-corrected chi connectivity index (χ2v) is 6.91. The monoisotopic (exact) mass is 235 g/mol. The summed E-state index contributed by atoms with van der Waals surface area (Å²) in [5, 5.41) is 3.16. The van der Waals surface area contributed by atoms with Crippen molar-refractivity contribution in [3.8, 4) is 0 Å². The van der Waals surface area contributed by atoms with Crippen molar-refractivity contribution in [3.63, 3.8) is 0 Å². The molecule has 3 nitrogen and oxygen atoms in total. The molecule has 0 aromatic heterocycles. The largest absolute Gasteiger partial charge is 0.319 e. The molecule has 15 heavy (non-hydrogen) atoms. The Kier molecular flexibility index (Phi) is 7.18. The van der Waals surface area contributed by atoms with Gasteiger partial charge < -0.3 is 5.32 Å². The number of hydrogen-bond donors (Lipinski definition) is 1. The Hall–Kier alpha value is -0.0900. The minimum Gasteiger partial charge on any atom is -0.319 e. The number of hydrogen-bond acceptors (Lipinski definition) is 3. The van der Waals surface area contributed by atoms with Gasteiger partial charge in [0.15, 0.2) is 0 Å². The maximum Gasteiger partial charge on any atom is 0.150 e. The maximum atomic E-state index is 11.3. The standard InChI is InChI=1S/C11H25NO2S/c1-5-15(13,14)8-6-7-11(9-12-4)10(2)3/h10-12H,5-9H2,1-4H3. The first-order valence-electron chi connectivity index (χ1n) is 5.78. The molecule has 0 aliphatic carbocycles. The molecule has 4 heteroatoms. The maximum absolute atomic E-state index is 11.3. The molecule has 0 saturated heterocycles. The Labute approximate surface area is 94.6 Å². The van der Waals surface area contributed by atoms with Crippen LogP contribution in [0.4, 0.5) is 0 Å². The van der Waals surface area contributed by atoms with Crippen molar-refractivity contribution in [2.45, 2.75) is 33.6 Å². The lowest BCUT2D eigenvalue weighted by Gasteiger charge is -2.20. The highest BCUT2D eigenvalue weighted by Crippen LogP contribution is 2.16. The highest BCUT2D eigenvalue weighted by Gasteiger charge is 2.14. The van der Waals surface area contributed by atoms with E-state index in [9.17, 15) is 8.42 Å². The first kappa shape index (κ1) is 14.9. The Morgan fingerprint density at radius 3 is 2.27 bits per heavy atom. The number of sulfone groups is 1. The molecule has 0 radical (unpaired) electrons. The summed E-state index contributed by atoms with van der Waals surface area (Å²) in [6, 6.07) is 0. The van der Waals surface area contributed by atoms with Crippen LogP contribution in [0.5, 0.6) is 0 Å². The zero-order valence-corrected chi connectivity index (χ0v) is 11.2. The summed E-state index contributed by atoms with van der Waals surface area (Å²) in [6.45, 7) is 7.07. The molecule has 0 heterocycles. The van der Waals surface area contributed by atoms with Crippen LogP contribution in [0, 0.1) is 11.8 Å². The van der Waals surface area contributed by atoms with Crippen LogP contribution in [0.25, 0.3) is 0 Å². The van der Waals surface area contributed by atoms with E-state index in [1.807, 2.05) is 7.05 Å². The average molecular weight is 235 g/mol. The Morgan fingerprint density at radius 2 is 1.87 bits per heavy atom. The van der Waals surface area contributed by atoms with Crippen molar-refractivity contribution >= 4 is 9.84 Å². The summed E-state index contributed by atoms with van der Waals surface area (Å²) in [5.74, 6) is 1.81. The van der Waals surface area contributed by atoms with Gasteiger partial charge in [-0.15, -0.1) is 0 Å². The van der Waals surface area contributed by atoms with Gasteiger partial charge in [-0.25, -0.2) is 8.42 Å². The molecular weight excluding hydrogens is 210 g/mol. The van der Waals surface area contributed by atoms with Crippen molar-refractivity contribution in [2.24, 2.45) is 11.8 Å². The molecular formula is C11H25NO2S. The minimum absolute atomic E-state index is 0.269. The van der Waals surface area contributed by atoms with E-state index in [4.69, 9.17) is 0 Å². The van der Waals surface area contributed by atoms with Crippen molar-refractivity contribution in [1.82, 2.24) is 5.32 Å². The van der Waals surface area contributed by atoms with Crippen LogP contribution in [-0.4, -0.2) is 33.5 Å². The van der Waals surface area contributed by atoms with Crippen molar-refractivity contribution in [1.29, 1.82) is 0 Å². The molecule has 0 fully saturated rings. The van der Waals surface area contributed by atoms with Crippen LogP contribution in [0.15, 0.2) is 0 Å². The quantitative estimate of drug-likeness (QED) is 0.696. The van der Waals surface area contributed by atoms with Crippen molar-refractivity contribution in [2.75, 3.05) is 25.1 Å². The zero-order chi connectivity index (χ0) is 11.9. The molecule has 0 spiro atoms. The molecule has 0 bridgehead atoms.